The highest BCUT2D eigenvalue weighted by Gasteiger charge is 2.35. The van der Waals surface area contributed by atoms with E-state index in [0.717, 1.165) is 32.7 Å². The summed E-state index contributed by atoms with van der Waals surface area (Å²) in [6.07, 6.45) is 0.646. The molecule has 7 heteroatoms. The molecule has 2 fully saturated rings. The fourth-order valence-corrected chi connectivity index (χ4v) is 2.98. The Balaban J connectivity index is 1.70. The second kappa shape index (κ2) is 7.70. The van der Waals surface area contributed by atoms with Crippen LogP contribution >= 0.6 is 0 Å². The lowest BCUT2D eigenvalue weighted by molar-refractivity contribution is -0.140. The highest BCUT2D eigenvalue weighted by Crippen LogP contribution is 2.16. The molecular weight excluding hydrogens is 310 g/mol. The number of nitrogens with one attached hydrogen (secondary N) is 1. The van der Waals surface area contributed by atoms with Crippen molar-refractivity contribution in [2.75, 3.05) is 39.9 Å². The molecule has 2 unspecified atom stereocenters. The Morgan fingerprint density at radius 2 is 2.00 bits per heavy atom. The average molecular weight is 341 g/mol. The van der Waals surface area contributed by atoms with Gasteiger partial charge in [-0.15, -0.1) is 0 Å². The molecule has 2 saturated heterocycles. The lowest BCUT2D eigenvalue weighted by atomic mass is 10.0. The Morgan fingerprint density at radius 1 is 1.33 bits per heavy atom. The summed E-state index contributed by atoms with van der Waals surface area (Å²) in [5.41, 5.74) is -0.529. The first-order chi connectivity index (χ1) is 11.2. The summed E-state index contributed by atoms with van der Waals surface area (Å²) in [6, 6.07) is 0.777. The maximum Gasteiger partial charge on any atom is 0.410 e. The maximum atomic E-state index is 12.4. The van der Waals surface area contributed by atoms with Crippen LogP contribution in [-0.4, -0.2) is 79.4 Å². The number of carbonyl (C=O) groups is 2. The Morgan fingerprint density at radius 3 is 2.54 bits per heavy atom. The van der Waals surface area contributed by atoms with Gasteiger partial charge in [0.15, 0.2) is 0 Å². The molecule has 138 valence electrons. The van der Waals surface area contributed by atoms with E-state index >= 15 is 0 Å². The van der Waals surface area contributed by atoms with Crippen molar-refractivity contribution in [2.45, 2.75) is 51.8 Å². The molecule has 2 rings (SSSR count). The quantitative estimate of drug-likeness (QED) is 0.810. The van der Waals surface area contributed by atoms with Gasteiger partial charge in [0.2, 0.25) is 5.91 Å². The molecule has 0 aromatic carbocycles. The second-order valence-electron chi connectivity index (χ2n) is 7.93. The average Bonchev–Trinajstić information content (AvgIpc) is 2.92. The lowest BCUT2D eigenvalue weighted by Crippen LogP contribution is -2.63. The fourth-order valence-electron chi connectivity index (χ4n) is 2.98. The van der Waals surface area contributed by atoms with Crippen LogP contribution in [0.25, 0.3) is 0 Å². The molecule has 2 atom stereocenters. The lowest BCUT2D eigenvalue weighted by Gasteiger charge is -2.42. The van der Waals surface area contributed by atoms with E-state index in [9.17, 15) is 9.59 Å². The van der Waals surface area contributed by atoms with Gasteiger partial charge in [0.1, 0.15) is 5.60 Å². The van der Waals surface area contributed by atoms with Crippen molar-refractivity contribution in [3.8, 4) is 0 Å². The van der Waals surface area contributed by atoms with E-state index in [2.05, 4.69) is 5.32 Å². The van der Waals surface area contributed by atoms with Crippen LogP contribution in [0.1, 0.15) is 34.1 Å². The molecule has 0 spiro atoms. The van der Waals surface area contributed by atoms with Gasteiger partial charge >= 0.3 is 6.09 Å². The first-order valence-electron chi connectivity index (χ1n) is 8.72. The van der Waals surface area contributed by atoms with Crippen LogP contribution in [-0.2, 0) is 14.3 Å². The highest BCUT2D eigenvalue weighted by atomic mass is 16.6. The van der Waals surface area contributed by atoms with E-state index in [1.807, 2.05) is 32.6 Å². The van der Waals surface area contributed by atoms with Crippen LogP contribution in [0.5, 0.6) is 0 Å². The summed E-state index contributed by atoms with van der Waals surface area (Å²) in [5, 5.41) is 3.52. The molecule has 2 amide bonds. The molecule has 1 N–H and O–H groups in total. The first-order valence-corrected chi connectivity index (χ1v) is 8.72. The first kappa shape index (κ1) is 19.0. The minimum atomic E-state index is -0.529. The van der Waals surface area contributed by atoms with Gasteiger partial charge in [0, 0.05) is 45.4 Å². The van der Waals surface area contributed by atoms with Crippen LogP contribution in [0.3, 0.4) is 0 Å². The van der Waals surface area contributed by atoms with Gasteiger partial charge < -0.3 is 24.6 Å². The Bertz CT molecular complexity index is 451. The van der Waals surface area contributed by atoms with Crippen LogP contribution in [0.15, 0.2) is 0 Å². The molecule has 7 nitrogen and oxygen atoms in total. The van der Waals surface area contributed by atoms with E-state index < -0.39 is 11.7 Å². The molecular formula is C17H31N3O4. The molecule has 2 aliphatic heterocycles. The van der Waals surface area contributed by atoms with Crippen LogP contribution < -0.4 is 5.32 Å². The standard InChI is InChI=1S/C17H31N3O4/c1-12(8-19(5)16(22)24-17(2,3)4)15(21)20-9-14(10-20)18-13-6-7-23-11-13/h12-14,18H,6-11H2,1-5H3. The molecule has 0 bridgehead atoms. The van der Waals surface area contributed by atoms with Crippen LogP contribution in [0.2, 0.25) is 0 Å². The highest BCUT2D eigenvalue weighted by molar-refractivity contribution is 5.80. The Kier molecular flexibility index (Phi) is 6.09. The minimum absolute atomic E-state index is 0.0890. The van der Waals surface area contributed by atoms with Gasteiger partial charge in [-0.25, -0.2) is 4.79 Å². The van der Waals surface area contributed by atoms with Gasteiger partial charge in [-0.2, -0.15) is 0 Å². The van der Waals surface area contributed by atoms with Crippen molar-refractivity contribution < 1.29 is 19.1 Å². The number of hydrogen-bond acceptors (Lipinski definition) is 5. The Hall–Kier alpha value is -1.34. The summed E-state index contributed by atoms with van der Waals surface area (Å²) in [5.74, 6) is -0.149. The van der Waals surface area contributed by atoms with Crippen LogP contribution in [0, 0.1) is 5.92 Å². The molecule has 0 aliphatic carbocycles. The van der Waals surface area contributed by atoms with Gasteiger partial charge in [-0.1, -0.05) is 6.92 Å². The fraction of sp³-hybridized carbons (Fsp3) is 0.882. The number of nitrogens with zero attached hydrogens (tertiary/aromatic N) is 2. The van der Waals surface area contributed by atoms with Gasteiger partial charge in [-0.3, -0.25) is 4.79 Å². The Labute approximate surface area is 144 Å². The number of ether oxygens (including phenoxy) is 2. The third-order valence-corrected chi connectivity index (χ3v) is 4.27. The van der Waals surface area contributed by atoms with Gasteiger partial charge in [0.05, 0.1) is 12.5 Å². The molecule has 0 saturated carbocycles. The molecule has 24 heavy (non-hydrogen) atoms. The zero-order valence-corrected chi connectivity index (χ0v) is 15.5. The summed E-state index contributed by atoms with van der Waals surface area (Å²) >= 11 is 0. The van der Waals surface area contributed by atoms with Crippen molar-refractivity contribution in [2.24, 2.45) is 5.92 Å². The summed E-state index contributed by atoms with van der Waals surface area (Å²) in [6.45, 7) is 10.8. The van der Waals surface area contributed by atoms with Gasteiger partial charge in [-0.05, 0) is 27.2 Å². The number of amides is 2. The largest absolute Gasteiger partial charge is 0.444 e. The number of rotatable bonds is 5. The van der Waals surface area contributed by atoms with Crippen molar-refractivity contribution in [1.82, 2.24) is 15.1 Å². The smallest absolute Gasteiger partial charge is 0.410 e. The summed E-state index contributed by atoms with van der Waals surface area (Å²) < 4.78 is 10.7. The van der Waals surface area contributed by atoms with Crippen molar-refractivity contribution in [3.63, 3.8) is 0 Å². The molecule has 2 aliphatic rings. The predicted molar refractivity (Wildman–Crippen MR) is 90.8 cm³/mol. The minimum Gasteiger partial charge on any atom is -0.444 e. The number of carbonyl (C=O) groups excluding carboxylic acids is 2. The van der Waals surface area contributed by atoms with E-state index in [1.54, 1.807) is 7.05 Å². The zero-order chi connectivity index (χ0) is 17.9. The second-order valence-corrected chi connectivity index (χ2v) is 7.93. The third-order valence-electron chi connectivity index (χ3n) is 4.27. The van der Waals surface area contributed by atoms with E-state index in [0.29, 0.717) is 18.6 Å². The predicted octanol–water partition coefficient (Wildman–Crippen LogP) is 1.08. The topological polar surface area (TPSA) is 71.1 Å². The molecule has 0 aromatic heterocycles. The molecule has 0 aromatic rings. The maximum absolute atomic E-state index is 12.4. The van der Waals surface area contributed by atoms with E-state index in [-0.39, 0.29) is 11.8 Å². The van der Waals surface area contributed by atoms with Crippen LogP contribution in [0.4, 0.5) is 4.79 Å². The van der Waals surface area contributed by atoms with E-state index in [4.69, 9.17) is 9.47 Å². The normalized spacial score (nSPS) is 22.9. The number of likely N-dealkylation sites (tertiary alicyclic amines) is 1. The van der Waals surface area contributed by atoms with Crippen molar-refractivity contribution in [3.05, 3.63) is 0 Å². The third kappa shape index (κ3) is 5.34. The van der Waals surface area contributed by atoms with Gasteiger partial charge in [0.25, 0.3) is 0 Å². The van der Waals surface area contributed by atoms with Crippen molar-refractivity contribution in [1.29, 1.82) is 0 Å². The number of hydrogen-bond donors (Lipinski definition) is 1. The van der Waals surface area contributed by atoms with Crippen molar-refractivity contribution >= 4 is 12.0 Å². The zero-order valence-electron chi connectivity index (χ0n) is 15.5. The monoisotopic (exact) mass is 341 g/mol. The molecule has 0 radical (unpaired) electrons. The summed E-state index contributed by atoms with van der Waals surface area (Å²) in [7, 11) is 1.67. The summed E-state index contributed by atoms with van der Waals surface area (Å²) in [4.78, 5) is 27.7. The van der Waals surface area contributed by atoms with E-state index in [1.165, 1.54) is 4.90 Å². The SMILES string of the molecule is CC(CN(C)C(=O)OC(C)(C)C)C(=O)N1CC(NC2CCOC2)C1. The molecule has 2 heterocycles.